The number of amides is 1. The SMILES string of the molecule is CC(CNC(=O)C(CN)c1ccccc1)N(C)C1CC1. The van der Waals surface area contributed by atoms with E-state index >= 15 is 0 Å². The highest BCUT2D eigenvalue weighted by Gasteiger charge is 2.29. The Labute approximate surface area is 121 Å². The summed E-state index contributed by atoms with van der Waals surface area (Å²) in [6, 6.07) is 10.8. The Morgan fingerprint density at radius 3 is 2.60 bits per heavy atom. The first kappa shape index (κ1) is 15.0. The summed E-state index contributed by atoms with van der Waals surface area (Å²) < 4.78 is 0. The normalized spacial score (nSPS) is 17.8. The molecule has 2 atom stereocenters. The van der Waals surface area contributed by atoms with Crippen molar-refractivity contribution in [1.29, 1.82) is 0 Å². The summed E-state index contributed by atoms with van der Waals surface area (Å²) in [6.45, 7) is 3.16. The van der Waals surface area contributed by atoms with Crippen LogP contribution in [-0.4, -0.2) is 43.0 Å². The molecule has 20 heavy (non-hydrogen) atoms. The van der Waals surface area contributed by atoms with Gasteiger partial charge in [-0.25, -0.2) is 0 Å². The zero-order chi connectivity index (χ0) is 14.5. The van der Waals surface area contributed by atoms with Crippen molar-refractivity contribution >= 4 is 5.91 Å². The standard InChI is InChI=1S/C16H25N3O/c1-12(19(2)14-8-9-14)11-18-16(20)15(10-17)13-6-4-3-5-7-13/h3-7,12,14-15H,8-11,17H2,1-2H3,(H,18,20). The lowest BCUT2D eigenvalue weighted by Gasteiger charge is -2.25. The summed E-state index contributed by atoms with van der Waals surface area (Å²) in [5, 5.41) is 3.03. The molecule has 2 rings (SSSR count). The molecule has 0 saturated heterocycles. The average molecular weight is 275 g/mol. The Kier molecular flexibility index (Phi) is 5.15. The fourth-order valence-corrected chi connectivity index (χ4v) is 2.44. The Hall–Kier alpha value is -1.39. The van der Waals surface area contributed by atoms with Crippen LogP contribution in [0.4, 0.5) is 0 Å². The molecule has 0 aromatic heterocycles. The monoisotopic (exact) mass is 275 g/mol. The summed E-state index contributed by atoms with van der Waals surface area (Å²) >= 11 is 0. The van der Waals surface area contributed by atoms with Crippen LogP contribution in [0.25, 0.3) is 0 Å². The molecule has 110 valence electrons. The third-order valence-corrected chi connectivity index (χ3v) is 4.14. The number of nitrogens with zero attached hydrogens (tertiary/aromatic N) is 1. The molecule has 1 saturated carbocycles. The summed E-state index contributed by atoms with van der Waals surface area (Å²) in [5.74, 6) is -0.232. The third-order valence-electron chi connectivity index (χ3n) is 4.14. The molecule has 0 bridgehead atoms. The van der Waals surface area contributed by atoms with Crippen LogP contribution >= 0.6 is 0 Å². The first-order chi connectivity index (χ1) is 9.63. The van der Waals surface area contributed by atoms with Crippen LogP contribution in [0.1, 0.15) is 31.2 Å². The molecule has 1 aromatic carbocycles. The number of hydrogen-bond acceptors (Lipinski definition) is 3. The van der Waals surface area contributed by atoms with Crippen molar-refractivity contribution in [1.82, 2.24) is 10.2 Å². The van der Waals surface area contributed by atoms with Gasteiger partial charge in [-0.15, -0.1) is 0 Å². The number of likely N-dealkylation sites (N-methyl/N-ethyl adjacent to an activating group) is 1. The smallest absolute Gasteiger partial charge is 0.228 e. The molecule has 0 radical (unpaired) electrons. The van der Waals surface area contributed by atoms with Gasteiger partial charge in [0.15, 0.2) is 0 Å². The summed E-state index contributed by atoms with van der Waals surface area (Å²) in [7, 11) is 2.13. The highest BCUT2D eigenvalue weighted by molar-refractivity contribution is 5.83. The highest BCUT2D eigenvalue weighted by atomic mass is 16.1. The van der Waals surface area contributed by atoms with E-state index in [9.17, 15) is 4.79 Å². The van der Waals surface area contributed by atoms with Gasteiger partial charge in [-0.05, 0) is 32.4 Å². The van der Waals surface area contributed by atoms with E-state index in [1.54, 1.807) is 0 Å². The number of carbonyl (C=O) groups excluding carboxylic acids is 1. The van der Waals surface area contributed by atoms with Gasteiger partial charge in [0.25, 0.3) is 0 Å². The van der Waals surface area contributed by atoms with Gasteiger partial charge >= 0.3 is 0 Å². The largest absolute Gasteiger partial charge is 0.354 e. The Bertz CT molecular complexity index is 431. The third kappa shape index (κ3) is 3.81. The minimum Gasteiger partial charge on any atom is -0.354 e. The van der Waals surface area contributed by atoms with Crippen LogP contribution < -0.4 is 11.1 Å². The predicted molar refractivity (Wildman–Crippen MR) is 81.5 cm³/mol. The van der Waals surface area contributed by atoms with Gasteiger partial charge in [-0.2, -0.15) is 0 Å². The minimum atomic E-state index is -0.255. The van der Waals surface area contributed by atoms with Crippen LogP contribution in [0.15, 0.2) is 30.3 Å². The number of benzene rings is 1. The lowest BCUT2D eigenvalue weighted by Crippen LogP contribution is -2.43. The minimum absolute atomic E-state index is 0.0229. The molecule has 4 heteroatoms. The van der Waals surface area contributed by atoms with Crippen LogP contribution in [0.3, 0.4) is 0 Å². The van der Waals surface area contributed by atoms with E-state index in [4.69, 9.17) is 5.73 Å². The van der Waals surface area contributed by atoms with Gasteiger partial charge in [0.1, 0.15) is 0 Å². The van der Waals surface area contributed by atoms with E-state index in [1.807, 2.05) is 30.3 Å². The molecule has 1 aliphatic rings. The fraction of sp³-hybridized carbons (Fsp3) is 0.562. The van der Waals surface area contributed by atoms with E-state index in [0.717, 1.165) is 5.56 Å². The fourth-order valence-electron chi connectivity index (χ4n) is 2.44. The lowest BCUT2D eigenvalue weighted by atomic mass is 9.98. The van der Waals surface area contributed by atoms with Crippen molar-refractivity contribution in [3.8, 4) is 0 Å². The van der Waals surface area contributed by atoms with E-state index in [1.165, 1.54) is 12.8 Å². The first-order valence-electron chi connectivity index (χ1n) is 7.38. The lowest BCUT2D eigenvalue weighted by molar-refractivity contribution is -0.122. The van der Waals surface area contributed by atoms with Crippen molar-refractivity contribution in [3.63, 3.8) is 0 Å². The van der Waals surface area contributed by atoms with E-state index in [-0.39, 0.29) is 11.8 Å². The van der Waals surface area contributed by atoms with Gasteiger partial charge in [0.2, 0.25) is 5.91 Å². The molecule has 0 aliphatic heterocycles. The Morgan fingerprint density at radius 2 is 2.05 bits per heavy atom. The zero-order valence-electron chi connectivity index (χ0n) is 12.4. The number of hydrogen-bond donors (Lipinski definition) is 2. The molecule has 1 aromatic rings. The van der Waals surface area contributed by atoms with Crippen molar-refractivity contribution in [2.24, 2.45) is 5.73 Å². The molecule has 0 spiro atoms. The van der Waals surface area contributed by atoms with E-state index in [0.29, 0.717) is 25.2 Å². The van der Waals surface area contributed by atoms with Gasteiger partial charge in [-0.1, -0.05) is 30.3 Å². The molecule has 1 fully saturated rings. The van der Waals surface area contributed by atoms with Gasteiger partial charge in [0, 0.05) is 25.2 Å². The van der Waals surface area contributed by atoms with E-state index in [2.05, 4.69) is 24.2 Å². The van der Waals surface area contributed by atoms with Crippen molar-refractivity contribution < 1.29 is 4.79 Å². The van der Waals surface area contributed by atoms with Crippen LogP contribution in [0, 0.1) is 0 Å². The maximum Gasteiger partial charge on any atom is 0.228 e. The number of rotatable bonds is 7. The Morgan fingerprint density at radius 1 is 1.40 bits per heavy atom. The molecule has 0 heterocycles. The maximum atomic E-state index is 12.3. The van der Waals surface area contributed by atoms with Gasteiger partial charge < -0.3 is 11.1 Å². The molecular formula is C16H25N3O. The quantitative estimate of drug-likeness (QED) is 0.789. The highest BCUT2D eigenvalue weighted by Crippen LogP contribution is 2.26. The number of carbonyl (C=O) groups is 1. The van der Waals surface area contributed by atoms with Crippen molar-refractivity contribution in [2.75, 3.05) is 20.1 Å². The topological polar surface area (TPSA) is 58.4 Å². The second-order valence-corrected chi connectivity index (χ2v) is 5.69. The predicted octanol–water partition coefficient (Wildman–Crippen LogP) is 1.33. The first-order valence-corrected chi connectivity index (χ1v) is 7.38. The van der Waals surface area contributed by atoms with Crippen molar-refractivity contribution in [3.05, 3.63) is 35.9 Å². The second kappa shape index (κ2) is 6.86. The van der Waals surface area contributed by atoms with Crippen molar-refractivity contribution in [2.45, 2.75) is 37.8 Å². The van der Waals surface area contributed by atoms with E-state index < -0.39 is 0 Å². The summed E-state index contributed by atoms with van der Waals surface area (Å²) in [6.07, 6.45) is 2.56. The number of nitrogens with two attached hydrogens (primary N) is 1. The van der Waals surface area contributed by atoms with Gasteiger partial charge in [0.05, 0.1) is 5.92 Å². The average Bonchev–Trinajstić information content (AvgIpc) is 3.30. The molecule has 3 N–H and O–H groups in total. The summed E-state index contributed by atoms with van der Waals surface area (Å²) in [5.41, 5.74) is 6.74. The Balaban J connectivity index is 1.86. The van der Waals surface area contributed by atoms with Crippen LogP contribution in [-0.2, 0) is 4.79 Å². The summed E-state index contributed by atoms with van der Waals surface area (Å²) in [4.78, 5) is 14.6. The molecular weight excluding hydrogens is 250 g/mol. The molecule has 2 unspecified atom stereocenters. The van der Waals surface area contributed by atoms with Crippen LogP contribution in [0.2, 0.25) is 0 Å². The second-order valence-electron chi connectivity index (χ2n) is 5.69. The van der Waals surface area contributed by atoms with Gasteiger partial charge in [-0.3, -0.25) is 9.69 Å². The maximum absolute atomic E-state index is 12.3. The molecule has 1 amide bonds. The molecule has 4 nitrogen and oxygen atoms in total. The molecule has 1 aliphatic carbocycles. The van der Waals surface area contributed by atoms with Crippen LogP contribution in [0.5, 0.6) is 0 Å². The zero-order valence-corrected chi connectivity index (χ0v) is 12.4. The number of nitrogens with one attached hydrogen (secondary N) is 1.